The van der Waals surface area contributed by atoms with E-state index in [4.69, 9.17) is 14.7 Å². The van der Waals surface area contributed by atoms with Gasteiger partial charge >= 0.3 is 0 Å². The van der Waals surface area contributed by atoms with E-state index in [-0.39, 0.29) is 6.10 Å². The molecular weight excluding hydrogens is 520 g/mol. The van der Waals surface area contributed by atoms with Crippen molar-refractivity contribution in [1.29, 1.82) is 0 Å². The molecule has 1 fully saturated rings. The van der Waals surface area contributed by atoms with Crippen LogP contribution in [-0.4, -0.2) is 52.0 Å². The molecule has 0 spiro atoms. The summed E-state index contributed by atoms with van der Waals surface area (Å²) in [5.74, 6) is 2.73. The second-order valence-corrected chi connectivity index (χ2v) is 13.1. The number of H-pyrrole nitrogens is 1. The summed E-state index contributed by atoms with van der Waals surface area (Å²) in [4.78, 5) is 16.0. The Morgan fingerprint density at radius 2 is 1.74 bits per heavy atom. The first kappa shape index (κ1) is 28.7. The predicted octanol–water partition coefficient (Wildman–Crippen LogP) is 7.53. The van der Waals surface area contributed by atoms with Gasteiger partial charge in [-0.3, -0.25) is 5.10 Å². The van der Waals surface area contributed by atoms with Crippen molar-refractivity contribution >= 4 is 22.4 Å². The van der Waals surface area contributed by atoms with Gasteiger partial charge in [-0.15, -0.1) is 0 Å². The minimum atomic E-state index is 0.272. The summed E-state index contributed by atoms with van der Waals surface area (Å²) in [6.45, 7) is 17.7. The molecule has 4 aromatic rings. The molecule has 1 unspecified atom stereocenters. The second-order valence-electron chi connectivity index (χ2n) is 13.1. The van der Waals surface area contributed by atoms with Gasteiger partial charge in [0.2, 0.25) is 0 Å². The zero-order valence-electron chi connectivity index (χ0n) is 26.5. The van der Waals surface area contributed by atoms with E-state index in [1.807, 2.05) is 13.3 Å². The Balaban J connectivity index is 1.52. The first-order valence-corrected chi connectivity index (χ1v) is 15.7. The van der Waals surface area contributed by atoms with Crippen LogP contribution in [-0.2, 0) is 17.7 Å². The van der Waals surface area contributed by atoms with Crippen LogP contribution in [0.1, 0.15) is 94.2 Å². The summed E-state index contributed by atoms with van der Waals surface area (Å²) in [7, 11) is 1.84. The Labute approximate surface area is 250 Å². The fraction of sp³-hybridized carbons (Fsp3) is 0.514. The maximum Gasteiger partial charge on any atom is 0.162 e. The average molecular weight is 567 g/mol. The molecule has 4 heterocycles. The van der Waals surface area contributed by atoms with Gasteiger partial charge < -0.3 is 14.5 Å². The zero-order chi connectivity index (χ0) is 29.7. The monoisotopic (exact) mass is 566 g/mol. The van der Waals surface area contributed by atoms with Gasteiger partial charge in [-0.1, -0.05) is 45.9 Å². The fourth-order valence-electron chi connectivity index (χ4n) is 7.15. The number of aromatic nitrogens is 4. The van der Waals surface area contributed by atoms with Crippen molar-refractivity contribution in [3.8, 4) is 11.4 Å². The first-order valence-electron chi connectivity index (χ1n) is 15.7. The van der Waals surface area contributed by atoms with Crippen LogP contribution < -0.4 is 9.80 Å². The Morgan fingerprint density at radius 1 is 0.976 bits per heavy atom. The number of rotatable bonds is 6. The molecule has 0 radical (unpaired) electrons. The van der Waals surface area contributed by atoms with Gasteiger partial charge in [0, 0.05) is 60.9 Å². The highest BCUT2D eigenvalue weighted by Gasteiger charge is 2.36. The lowest BCUT2D eigenvalue weighted by Crippen LogP contribution is -2.50. The number of benzene rings is 2. The minimum absolute atomic E-state index is 0.272. The average Bonchev–Trinajstić information content (AvgIpc) is 3.45. The van der Waals surface area contributed by atoms with Crippen LogP contribution >= 0.6 is 0 Å². The fourth-order valence-corrected chi connectivity index (χ4v) is 7.15. The van der Waals surface area contributed by atoms with E-state index < -0.39 is 0 Å². The number of nitrogens with one attached hydrogen (secondary N) is 1. The van der Waals surface area contributed by atoms with Crippen LogP contribution in [0.25, 0.3) is 22.3 Å². The molecule has 7 heteroatoms. The van der Waals surface area contributed by atoms with Crippen LogP contribution in [0.15, 0.2) is 36.5 Å². The highest BCUT2D eigenvalue weighted by atomic mass is 16.5. The van der Waals surface area contributed by atoms with E-state index >= 15 is 0 Å². The lowest BCUT2D eigenvalue weighted by atomic mass is 9.92. The van der Waals surface area contributed by atoms with E-state index in [0.717, 1.165) is 60.5 Å². The van der Waals surface area contributed by atoms with Crippen molar-refractivity contribution in [3.05, 3.63) is 64.5 Å². The number of aryl methyl sites for hydroxylation is 1. The summed E-state index contributed by atoms with van der Waals surface area (Å²) in [5.41, 5.74) is 9.84. The molecule has 3 atom stereocenters. The Kier molecular flexibility index (Phi) is 7.73. The Bertz CT molecular complexity index is 1580. The van der Waals surface area contributed by atoms with E-state index in [2.05, 4.69) is 98.8 Å². The molecule has 1 saturated heterocycles. The maximum atomic E-state index is 5.84. The van der Waals surface area contributed by atoms with Crippen molar-refractivity contribution in [2.75, 3.05) is 23.5 Å². The molecule has 2 aromatic carbocycles. The van der Waals surface area contributed by atoms with Gasteiger partial charge in [-0.05, 0) is 74.3 Å². The van der Waals surface area contributed by atoms with Crippen LogP contribution in [0.4, 0.5) is 11.5 Å². The quantitative estimate of drug-likeness (QED) is 0.260. The first-order chi connectivity index (χ1) is 20.2. The minimum Gasteiger partial charge on any atom is -0.381 e. The Morgan fingerprint density at radius 3 is 2.43 bits per heavy atom. The number of aromatic amines is 1. The van der Waals surface area contributed by atoms with E-state index in [1.165, 1.54) is 33.6 Å². The molecule has 1 N–H and O–H groups in total. The number of fused-ring (bicyclic) bond motifs is 2. The topological polar surface area (TPSA) is 70.2 Å². The van der Waals surface area contributed by atoms with Gasteiger partial charge in [0.25, 0.3) is 0 Å². The summed E-state index contributed by atoms with van der Waals surface area (Å²) in [5, 5.41) is 8.64. The molecule has 0 saturated carbocycles. The lowest BCUT2D eigenvalue weighted by molar-refractivity contribution is 0.0611. The molecule has 42 heavy (non-hydrogen) atoms. The van der Waals surface area contributed by atoms with Crippen molar-refractivity contribution in [3.63, 3.8) is 0 Å². The third-order valence-electron chi connectivity index (χ3n) is 9.52. The van der Waals surface area contributed by atoms with Crippen LogP contribution in [0.3, 0.4) is 0 Å². The van der Waals surface area contributed by atoms with Crippen molar-refractivity contribution in [2.24, 2.45) is 0 Å². The predicted molar refractivity (Wildman–Crippen MR) is 173 cm³/mol. The number of hydrogen-bond acceptors (Lipinski definition) is 6. The van der Waals surface area contributed by atoms with Gasteiger partial charge in [0.1, 0.15) is 5.82 Å². The van der Waals surface area contributed by atoms with Crippen molar-refractivity contribution in [1.82, 2.24) is 20.2 Å². The number of ether oxygens (including phenoxy) is 1. The van der Waals surface area contributed by atoms with Crippen LogP contribution in [0, 0.1) is 6.92 Å². The molecule has 0 bridgehead atoms. The number of nitrogens with zero attached hydrogens (tertiary/aromatic N) is 5. The normalized spacial score (nSPS) is 21.0. The Hall–Kier alpha value is -3.45. The SMILES string of the molecule is COC1C[C@@H](C)N(c2nc(-c3c(C(C)C)ccc4[nH]ncc34)nc3c2CN(c2cc(C(C)C)ccc2C)CC3)[C@@H](C)C1. The summed E-state index contributed by atoms with van der Waals surface area (Å²) < 4.78 is 5.84. The summed E-state index contributed by atoms with van der Waals surface area (Å²) in [6, 6.07) is 11.9. The molecule has 0 aliphatic carbocycles. The van der Waals surface area contributed by atoms with Gasteiger partial charge in [-0.2, -0.15) is 5.10 Å². The molecule has 7 nitrogen and oxygen atoms in total. The standard InChI is InChI=1S/C35H46N6O/c1-20(2)25-10-9-22(5)32(17-25)40-14-13-30-29(19-40)35(41-23(6)15-26(42-8)16-24(41)7)38-34(37-30)33-27(21(3)4)11-12-31-28(33)18-36-39-31/h9-12,17-18,20-21,23-24,26H,13-16,19H2,1-8H3,(H,36,39)/t23-,24+,26?. The smallest absolute Gasteiger partial charge is 0.162 e. The van der Waals surface area contributed by atoms with E-state index in [1.54, 1.807) is 0 Å². The lowest BCUT2D eigenvalue weighted by Gasteiger charge is -2.45. The number of hydrogen-bond donors (Lipinski definition) is 1. The highest BCUT2D eigenvalue weighted by molar-refractivity contribution is 5.95. The largest absolute Gasteiger partial charge is 0.381 e. The van der Waals surface area contributed by atoms with Gasteiger partial charge in [0.05, 0.1) is 23.5 Å². The van der Waals surface area contributed by atoms with Crippen LogP contribution in [0.5, 0.6) is 0 Å². The molecule has 2 aliphatic rings. The summed E-state index contributed by atoms with van der Waals surface area (Å²) in [6.07, 6.45) is 5.07. The molecule has 222 valence electrons. The molecular formula is C35H46N6O. The maximum absolute atomic E-state index is 5.84. The number of methoxy groups -OCH3 is 1. The van der Waals surface area contributed by atoms with Gasteiger partial charge in [-0.25, -0.2) is 9.97 Å². The summed E-state index contributed by atoms with van der Waals surface area (Å²) >= 11 is 0. The van der Waals surface area contributed by atoms with E-state index in [0.29, 0.717) is 23.9 Å². The van der Waals surface area contributed by atoms with Gasteiger partial charge in [0.15, 0.2) is 5.82 Å². The van der Waals surface area contributed by atoms with Crippen molar-refractivity contribution < 1.29 is 4.74 Å². The second kappa shape index (κ2) is 11.3. The number of piperidine rings is 1. The third-order valence-corrected chi connectivity index (χ3v) is 9.52. The molecule has 6 rings (SSSR count). The zero-order valence-corrected chi connectivity index (χ0v) is 26.5. The molecule has 2 aromatic heterocycles. The molecule has 0 amide bonds. The highest BCUT2D eigenvalue weighted by Crippen LogP contribution is 2.40. The molecule has 2 aliphatic heterocycles. The van der Waals surface area contributed by atoms with E-state index in [9.17, 15) is 0 Å². The third kappa shape index (κ3) is 5.06. The van der Waals surface area contributed by atoms with Crippen molar-refractivity contribution in [2.45, 2.75) is 104 Å². The van der Waals surface area contributed by atoms with Crippen LogP contribution in [0.2, 0.25) is 0 Å². The number of anilines is 2.